The van der Waals surface area contributed by atoms with E-state index in [0.29, 0.717) is 6.04 Å². The lowest BCUT2D eigenvalue weighted by atomic mass is 10.1. The lowest BCUT2D eigenvalue weighted by Crippen LogP contribution is -2.28. The molecule has 1 heterocycles. The van der Waals surface area contributed by atoms with Gasteiger partial charge in [-0.15, -0.1) is 0 Å². The van der Waals surface area contributed by atoms with E-state index in [4.69, 9.17) is 4.98 Å². The molecule has 106 valence electrons. The summed E-state index contributed by atoms with van der Waals surface area (Å²) < 4.78 is 0. The van der Waals surface area contributed by atoms with E-state index in [9.17, 15) is 5.11 Å². The van der Waals surface area contributed by atoms with Gasteiger partial charge in [0.2, 0.25) is 0 Å². The zero-order valence-corrected chi connectivity index (χ0v) is 12.6. The highest BCUT2D eigenvalue weighted by atomic mass is 32.1. The van der Waals surface area contributed by atoms with Gasteiger partial charge in [0.15, 0.2) is 5.13 Å². The number of hydrogen-bond acceptors (Lipinski definition) is 4. The number of aromatic nitrogens is 1. The van der Waals surface area contributed by atoms with Crippen LogP contribution in [0.1, 0.15) is 30.6 Å². The van der Waals surface area contributed by atoms with Crippen molar-refractivity contribution in [1.29, 1.82) is 0 Å². The van der Waals surface area contributed by atoms with Crippen LogP contribution in [0.25, 0.3) is 11.3 Å². The Morgan fingerprint density at radius 2 is 1.95 bits per heavy atom. The van der Waals surface area contributed by atoms with Crippen LogP contribution in [0.3, 0.4) is 0 Å². The summed E-state index contributed by atoms with van der Waals surface area (Å²) >= 11 is 1.61. The first-order chi connectivity index (χ1) is 9.79. The summed E-state index contributed by atoms with van der Waals surface area (Å²) in [4.78, 5) is 8.03. The average Bonchev–Trinajstić information content (AvgIpc) is 3.17. The van der Waals surface area contributed by atoms with Crippen LogP contribution in [0.15, 0.2) is 30.3 Å². The molecule has 3 rings (SSSR count). The zero-order chi connectivity index (χ0) is 13.9. The van der Waals surface area contributed by atoms with Gasteiger partial charge in [-0.1, -0.05) is 54.5 Å². The fourth-order valence-electron chi connectivity index (χ4n) is 2.87. The first-order valence-corrected chi connectivity index (χ1v) is 8.00. The molecule has 0 aliphatic heterocycles. The number of aliphatic hydroxyl groups excluding tert-OH is 1. The Kier molecular flexibility index (Phi) is 4.03. The van der Waals surface area contributed by atoms with E-state index in [2.05, 4.69) is 11.9 Å². The topological polar surface area (TPSA) is 36.4 Å². The van der Waals surface area contributed by atoms with E-state index in [1.54, 1.807) is 11.3 Å². The molecule has 1 aliphatic carbocycles. The summed E-state index contributed by atoms with van der Waals surface area (Å²) in [6, 6.07) is 10.7. The molecule has 1 saturated carbocycles. The molecule has 0 amide bonds. The highest BCUT2D eigenvalue weighted by molar-refractivity contribution is 7.16. The van der Waals surface area contributed by atoms with Gasteiger partial charge < -0.3 is 10.0 Å². The minimum atomic E-state index is 0.0560. The number of nitrogens with zero attached hydrogens (tertiary/aromatic N) is 2. The van der Waals surface area contributed by atoms with Crippen LogP contribution in [-0.4, -0.2) is 23.2 Å². The normalized spacial score (nSPS) is 15.7. The standard InChI is InChI=1S/C16H20N2OS/c1-18(13-9-5-6-10-13)16-17-15(14(11-19)20-16)12-7-3-2-4-8-12/h2-4,7-8,13,19H,5-6,9-11H2,1H3. The minimum absolute atomic E-state index is 0.0560. The fraction of sp³-hybridized carbons (Fsp3) is 0.438. The molecule has 0 radical (unpaired) electrons. The maximum atomic E-state index is 9.59. The van der Waals surface area contributed by atoms with Crippen LogP contribution in [0, 0.1) is 0 Å². The molecular formula is C16H20N2OS. The van der Waals surface area contributed by atoms with E-state index in [-0.39, 0.29) is 6.61 Å². The predicted molar refractivity (Wildman–Crippen MR) is 84.1 cm³/mol. The third-order valence-electron chi connectivity index (χ3n) is 4.05. The van der Waals surface area contributed by atoms with Crippen LogP contribution in [0.4, 0.5) is 5.13 Å². The zero-order valence-electron chi connectivity index (χ0n) is 11.7. The van der Waals surface area contributed by atoms with Crippen molar-refractivity contribution in [3.63, 3.8) is 0 Å². The van der Waals surface area contributed by atoms with Gasteiger partial charge in [-0.25, -0.2) is 4.98 Å². The van der Waals surface area contributed by atoms with Gasteiger partial charge in [-0.05, 0) is 12.8 Å². The predicted octanol–water partition coefficient (Wildman–Crippen LogP) is 3.68. The molecule has 0 spiro atoms. The van der Waals surface area contributed by atoms with Crippen molar-refractivity contribution in [2.75, 3.05) is 11.9 Å². The Bertz CT molecular complexity index is 561. The molecule has 2 aromatic rings. The maximum absolute atomic E-state index is 9.59. The lowest BCUT2D eigenvalue weighted by Gasteiger charge is -2.23. The highest BCUT2D eigenvalue weighted by Crippen LogP contribution is 2.35. The van der Waals surface area contributed by atoms with Crippen LogP contribution in [0.5, 0.6) is 0 Å². The van der Waals surface area contributed by atoms with Gasteiger partial charge in [0, 0.05) is 18.7 Å². The van der Waals surface area contributed by atoms with E-state index >= 15 is 0 Å². The van der Waals surface area contributed by atoms with Crippen molar-refractivity contribution >= 4 is 16.5 Å². The van der Waals surface area contributed by atoms with Gasteiger partial charge in [0.1, 0.15) is 0 Å². The molecule has 20 heavy (non-hydrogen) atoms. The molecule has 3 nitrogen and oxygen atoms in total. The third kappa shape index (κ3) is 2.58. The van der Waals surface area contributed by atoms with Crippen molar-refractivity contribution in [2.24, 2.45) is 0 Å². The number of benzene rings is 1. The fourth-order valence-corrected chi connectivity index (χ4v) is 3.84. The van der Waals surface area contributed by atoms with E-state index < -0.39 is 0 Å². The largest absolute Gasteiger partial charge is 0.391 e. The highest BCUT2D eigenvalue weighted by Gasteiger charge is 2.23. The van der Waals surface area contributed by atoms with Crippen LogP contribution in [0.2, 0.25) is 0 Å². The third-order valence-corrected chi connectivity index (χ3v) is 5.18. The average molecular weight is 288 g/mol. The lowest BCUT2D eigenvalue weighted by molar-refractivity contribution is 0.286. The molecule has 4 heteroatoms. The van der Waals surface area contributed by atoms with Crippen LogP contribution < -0.4 is 4.90 Å². The van der Waals surface area contributed by atoms with Gasteiger partial charge in [0.05, 0.1) is 17.2 Å². The summed E-state index contributed by atoms with van der Waals surface area (Å²) in [6.07, 6.45) is 5.15. The summed E-state index contributed by atoms with van der Waals surface area (Å²) in [5.74, 6) is 0. The minimum Gasteiger partial charge on any atom is -0.391 e. The quantitative estimate of drug-likeness (QED) is 0.932. The second-order valence-electron chi connectivity index (χ2n) is 5.34. The smallest absolute Gasteiger partial charge is 0.186 e. The number of anilines is 1. The first-order valence-electron chi connectivity index (χ1n) is 7.18. The Balaban J connectivity index is 1.92. The molecule has 0 unspecified atom stereocenters. The monoisotopic (exact) mass is 288 g/mol. The number of aliphatic hydroxyl groups is 1. The molecule has 1 aromatic carbocycles. The molecule has 0 bridgehead atoms. The maximum Gasteiger partial charge on any atom is 0.186 e. The summed E-state index contributed by atoms with van der Waals surface area (Å²) in [5, 5.41) is 10.6. The Morgan fingerprint density at radius 1 is 1.25 bits per heavy atom. The summed E-state index contributed by atoms with van der Waals surface area (Å²) in [7, 11) is 2.13. The number of hydrogen-bond donors (Lipinski definition) is 1. The Labute approximate surface area is 123 Å². The molecule has 0 atom stereocenters. The van der Waals surface area contributed by atoms with Gasteiger partial charge in [0.25, 0.3) is 0 Å². The molecular weight excluding hydrogens is 268 g/mol. The second kappa shape index (κ2) is 5.94. The van der Waals surface area contributed by atoms with E-state index in [0.717, 1.165) is 21.3 Å². The van der Waals surface area contributed by atoms with Crippen molar-refractivity contribution < 1.29 is 5.11 Å². The van der Waals surface area contributed by atoms with Crippen LogP contribution in [-0.2, 0) is 6.61 Å². The molecule has 1 fully saturated rings. The first kappa shape index (κ1) is 13.6. The molecule has 1 N–H and O–H groups in total. The van der Waals surface area contributed by atoms with E-state index in [1.165, 1.54) is 25.7 Å². The van der Waals surface area contributed by atoms with Crippen molar-refractivity contribution in [3.8, 4) is 11.3 Å². The van der Waals surface area contributed by atoms with E-state index in [1.807, 2.05) is 30.3 Å². The Morgan fingerprint density at radius 3 is 2.60 bits per heavy atom. The Hall–Kier alpha value is -1.39. The van der Waals surface area contributed by atoms with Gasteiger partial charge in [-0.3, -0.25) is 0 Å². The van der Waals surface area contributed by atoms with Crippen LogP contribution >= 0.6 is 11.3 Å². The second-order valence-corrected chi connectivity index (χ2v) is 6.40. The SMILES string of the molecule is CN(c1nc(-c2ccccc2)c(CO)s1)C1CCCC1. The molecule has 0 saturated heterocycles. The summed E-state index contributed by atoms with van der Waals surface area (Å²) in [6.45, 7) is 0.0560. The number of thiazole rings is 1. The van der Waals surface area contributed by atoms with Gasteiger partial charge >= 0.3 is 0 Å². The molecule has 1 aliphatic rings. The van der Waals surface area contributed by atoms with Crippen molar-refractivity contribution in [3.05, 3.63) is 35.2 Å². The van der Waals surface area contributed by atoms with Gasteiger partial charge in [-0.2, -0.15) is 0 Å². The van der Waals surface area contributed by atoms with Crippen molar-refractivity contribution in [2.45, 2.75) is 38.3 Å². The van der Waals surface area contributed by atoms with Crippen molar-refractivity contribution in [1.82, 2.24) is 4.98 Å². The summed E-state index contributed by atoms with van der Waals surface area (Å²) in [5.41, 5.74) is 2.01. The molecule has 1 aromatic heterocycles. The number of rotatable bonds is 4.